The molecule has 0 spiro atoms. The molecule has 114 valence electrons. The average Bonchev–Trinajstić information content (AvgIpc) is 2.32. The number of ether oxygens (including phenoxy) is 1. The van der Waals surface area contributed by atoms with Crippen LogP contribution in [0.4, 0.5) is 4.39 Å². The van der Waals surface area contributed by atoms with Gasteiger partial charge < -0.3 is 4.74 Å². The van der Waals surface area contributed by atoms with Crippen molar-refractivity contribution in [2.45, 2.75) is 44.0 Å². The summed E-state index contributed by atoms with van der Waals surface area (Å²) in [6, 6.07) is 0. The zero-order chi connectivity index (χ0) is 14.5. The van der Waals surface area contributed by atoms with Gasteiger partial charge in [0.2, 0.25) is 0 Å². The van der Waals surface area contributed by atoms with Crippen molar-refractivity contribution in [3.8, 4) is 0 Å². The Morgan fingerprint density at radius 1 is 1.20 bits per heavy atom. The Morgan fingerprint density at radius 3 is 2.05 bits per heavy atom. The van der Waals surface area contributed by atoms with Crippen molar-refractivity contribution in [1.82, 2.24) is 0 Å². The summed E-state index contributed by atoms with van der Waals surface area (Å²) in [6.45, 7) is -0.917. The minimum Gasteiger partial charge on any atom is -0.461 e. The Kier molecular flexibility index (Phi) is 3.32. The molecule has 1 atom stereocenters. The molecular weight excluding hydrogens is 287 g/mol. The van der Waals surface area contributed by atoms with Gasteiger partial charge in [0, 0.05) is 0 Å². The van der Waals surface area contributed by atoms with E-state index in [-0.39, 0.29) is 0 Å². The molecule has 4 bridgehead atoms. The zero-order valence-electron chi connectivity index (χ0n) is 11.1. The normalized spacial score (nSPS) is 40.6. The molecule has 1 N–H and O–H groups in total. The van der Waals surface area contributed by atoms with Crippen LogP contribution in [0.15, 0.2) is 0 Å². The van der Waals surface area contributed by atoms with Gasteiger partial charge in [-0.15, -0.1) is 0 Å². The van der Waals surface area contributed by atoms with E-state index in [1.165, 1.54) is 19.3 Å². The highest BCUT2D eigenvalue weighted by Gasteiger charge is 2.55. The van der Waals surface area contributed by atoms with Crippen molar-refractivity contribution in [3.05, 3.63) is 0 Å². The number of carbonyl (C=O) groups excluding carboxylic acids is 1. The summed E-state index contributed by atoms with van der Waals surface area (Å²) in [5.74, 6) is 1.17. The summed E-state index contributed by atoms with van der Waals surface area (Å²) in [4.78, 5) is 12.3. The molecular formula is C13H19FO5S. The van der Waals surface area contributed by atoms with Crippen LogP contribution in [0.3, 0.4) is 0 Å². The second-order valence-electron chi connectivity index (χ2n) is 6.72. The fourth-order valence-corrected chi connectivity index (χ4v) is 4.98. The molecule has 4 fully saturated rings. The van der Waals surface area contributed by atoms with E-state index in [1.807, 2.05) is 0 Å². The largest absolute Gasteiger partial charge is 0.461 e. The van der Waals surface area contributed by atoms with Gasteiger partial charge in [-0.1, -0.05) is 0 Å². The topological polar surface area (TPSA) is 80.7 Å². The summed E-state index contributed by atoms with van der Waals surface area (Å²) in [5.41, 5.74) is -3.09. The maximum absolute atomic E-state index is 13.1. The standard InChI is InChI=1S/C13H19FO5S/c14-11(20(16,17)18)7-19-12(15)13-4-8-1-9(5-13)3-10(2-8)6-13/h8-11H,1-7H2,(H,16,17,18). The van der Waals surface area contributed by atoms with Gasteiger partial charge in [-0.3, -0.25) is 9.35 Å². The van der Waals surface area contributed by atoms with Crippen molar-refractivity contribution >= 4 is 16.1 Å². The SMILES string of the molecule is O=C(OCC(F)S(=O)(=O)O)C12CC3CC(CC(C3)C1)C2. The van der Waals surface area contributed by atoms with E-state index in [1.54, 1.807) is 0 Å². The summed E-state index contributed by atoms with van der Waals surface area (Å²) in [6.07, 6.45) is 5.85. The van der Waals surface area contributed by atoms with Crippen LogP contribution < -0.4 is 0 Å². The van der Waals surface area contributed by atoms with E-state index in [0.717, 1.165) is 19.3 Å². The number of halogens is 1. The number of esters is 1. The molecule has 4 aliphatic rings. The van der Waals surface area contributed by atoms with Crippen molar-refractivity contribution < 1.29 is 26.9 Å². The molecule has 4 rings (SSSR count). The van der Waals surface area contributed by atoms with Gasteiger partial charge in [0.05, 0.1) is 5.41 Å². The number of hydrogen-bond donors (Lipinski definition) is 1. The number of alkyl halides is 1. The van der Waals surface area contributed by atoms with Gasteiger partial charge in [-0.2, -0.15) is 8.42 Å². The van der Waals surface area contributed by atoms with Crippen LogP contribution in [0, 0.1) is 23.2 Å². The molecule has 0 aromatic rings. The molecule has 0 amide bonds. The Bertz CT molecular complexity index is 480. The molecule has 7 heteroatoms. The second kappa shape index (κ2) is 4.66. The monoisotopic (exact) mass is 306 g/mol. The number of rotatable bonds is 4. The lowest BCUT2D eigenvalue weighted by Crippen LogP contribution is -2.50. The van der Waals surface area contributed by atoms with Crippen LogP contribution in [0.25, 0.3) is 0 Å². The van der Waals surface area contributed by atoms with Gasteiger partial charge in [0.1, 0.15) is 6.61 Å². The van der Waals surface area contributed by atoms with Crippen LogP contribution in [0.5, 0.6) is 0 Å². The summed E-state index contributed by atoms with van der Waals surface area (Å²) < 4.78 is 47.7. The molecule has 4 aliphatic carbocycles. The van der Waals surface area contributed by atoms with E-state index >= 15 is 0 Å². The van der Waals surface area contributed by atoms with E-state index in [0.29, 0.717) is 17.8 Å². The van der Waals surface area contributed by atoms with Crippen LogP contribution in [0.1, 0.15) is 38.5 Å². The summed E-state index contributed by atoms with van der Waals surface area (Å²) >= 11 is 0. The van der Waals surface area contributed by atoms with Crippen molar-refractivity contribution in [3.63, 3.8) is 0 Å². The Balaban J connectivity index is 1.65. The highest BCUT2D eigenvalue weighted by molar-refractivity contribution is 7.86. The van der Waals surface area contributed by atoms with Crippen molar-refractivity contribution in [1.29, 1.82) is 0 Å². The number of carbonyl (C=O) groups is 1. The minimum absolute atomic E-state index is 0.483. The van der Waals surface area contributed by atoms with E-state index in [2.05, 4.69) is 0 Å². The third kappa shape index (κ3) is 2.45. The number of hydrogen-bond acceptors (Lipinski definition) is 4. The predicted octanol–water partition coefficient (Wildman–Crippen LogP) is 1.93. The van der Waals surface area contributed by atoms with Crippen LogP contribution in [-0.2, 0) is 19.6 Å². The van der Waals surface area contributed by atoms with Crippen molar-refractivity contribution in [2.24, 2.45) is 23.2 Å². The highest BCUT2D eigenvalue weighted by Crippen LogP contribution is 2.60. The first kappa shape index (κ1) is 14.3. The lowest BCUT2D eigenvalue weighted by molar-refractivity contribution is -0.172. The van der Waals surface area contributed by atoms with Gasteiger partial charge >= 0.3 is 16.1 Å². The Morgan fingerprint density at radius 2 is 1.65 bits per heavy atom. The summed E-state index contributed by atoms with van der Waals surface area (Å²) in [5, 5.41) is 0. The fourth-order valence-electron chi connectivity index (χ4n) is 4.74. The Labute approximate surface area is 117 Å². The molecule has 20 heavy (non-hydrogen) atoms. The smallest absolute Gasteiger partial charge is 0.312 e. The lowest BCUT2D eigenvalue weighted by Gasteiger charge is -2.55. The van der Waals surface area contributed by atoms with Crippen LogP contribution in [-0.4, -0.2) is 31.1 Å². The molecule has 0 aliphatic heterocycles. The van der Waals surface area contributed by atoms with Gasteiger partial charge in [0.25, 0.3) is 5.50 Å². The van der Waals surface area contributed by atoms with Gasteiger partial charge in [0.15, 0.2) is 0 Å². The zero-order valence-corrected chi connectivity index (χ0v) is 11.9. The minimum atomic E-state index is -4.80. The third-order valence-electron chi connectivity index (χ3n) is 5.14. The first-order chi connectivity index (χ1) is 9.28. The molecule has 5 nitrogen and oxygen atoms in total. The predicted molar refractivity (Wildman–Crippen MR) is 68.0 cm³/mol. The molecule has 1 unspecified atom stereocenters. The van der Waals surface area contributed by atoms with Crippen molar-refractivity contribution in [2.75, 3.05) is 6.61 Å². The molecule has 0 aromatic carbocycles. The van der Waals surface area contributed by atoms with E-state index < -0.39 is 33.6 Å². The molecule has 0 aromatic heterocycles. The Hall–Kier alpha value is -0.690. The van der Waals surface area contributed by atoms with Crippen LogP contribution >= 0.6 is 0 Å². The average molecular weight is 306 g/mol. The highest BCUT2D eigenvalue weighted by atomic mass is 32.2. The van der Waals surface area contributed by atoms with E-state index in [9.17, 15) is 17.6 Å². The molecule has 0 radical (unpaired) electrons. The summed E-state index contributed by atoms with van der Waals surface area (Å²) in [7, 11) is -4.80. The fraction of sp³-hybridized carbons (Fsp3) is 0.923. The molecule has 4 saturated carbocycles. The maximum atomic E-state index is 13.1. The third-order valence-corrected chi connectivity index (χ3v) is 5.92. The first-order valence-electron chi connectivity index (χ1n) is 7.06. The van der Waals surface area contributed by atoms with Gasteiger partial charge in [-0.25, -0.2) is 4.39 Å². The quantitative estimate of drug-likeness (QED) is 0.634. The maximum Gasteiger partial charge on any atom is 0.312 e. The lowest BCUT2D eigenvalue weighted by atomic mass is 9.49. The molecule has 0 heterocycles. The first-order valence-corrected chi connectivity index (χ1v) is 8.56. The van der Waals surface area contributed by atoms with Crippen LogP contribution in [0.2, 0.25) is 0 Å². The van der Waals surface area contributed by atoms with E-state index in [4.69, 9.17) is 9.29 Å². The molecule has 0 saturated heterocycles. The van der Waals surface area contributed by atoms with Gasteiger partial charge in [-0.05, 0) is 56.3 Å². The second-order valence-corrected chi connectivity index (χ2v) is 8.26.